The number of nitro groups is 1. The predicted octanol–water partition coefficient (Wildman–Crippen LogP) is 2.26. The van der Waals surface area contributed by atoms with Gasteiger partial charge in [0.1, 0.15) is 5.78 Å². The van der Waals surface area contributed by atoms with Gasteiger partial charge in [0.2, 0.25) is 5.91 Å². The molecule has 22 heavy (non-hydrogen) atoms. The lowest BCUT2D eigenvalue weighted by molar-refractivity contribution is -0.384. The highest BCUT2D eigenvalue weighted by atomic mass is 16.6. The molecule has 0 saturated carbocycles. The molecular formula is C15H21N3O4. The van der Waals surface area contributed by atoms with E-state index in [1.165, 1.54) is 31.2 Å². The lowest BCUT2D eigenvalue weighted by Crippen LogP contribution is -2.25. The van der Waals surface area contributed by atoms with Crippen LogP contribution in [0.25, 0.3) is 0 Å². The molecule has 0 saturated heterocycles. The third-order valence-electron chi connectivity index (χ3n) is 3.26. The second-order valence-corrected chi connectivity index (χ2v) is 5.18. The first-order valence-corrected chi connectivity index (χ1v) is 7.19. The van der Waals surface area contributed by atoms with Gasteiger partial charge in [-0.3, -0.25) is 14.9 Å². The third kappa shape index (κ3) is 6.01. The van der Waals surface area contributed by atoms with E-state index in [0.29, 0.717) is 18.7 Å². The fourth-order valence-electron chi connectivity index (χ4n) is 2.12. The number of nitrogens with two attached hydrogens (primary N) is 1. The van der Waals surface area contributed by atoms with Gasteiger partial charge in [-0.15, -0.1) is 0 Å². The van der Waals surface area contributed by atoms with Crippen molar-refractivity contribution in [2.24, 2.45) is 11.7 Å². The van der Waals surface area contributed by atoms with Gasteiger partial charge < -0.3 is 15.8 Å². The molecule has 3 N–H and O–H groups in total. The number of ketones is 1. The van der Waals surface area contributed by atoms with Crippen molar-refractivity contribution in [1.82, 2.24) is 0 Å². The zero-order valence-electron chi connectivity index (χ0n) is 12.6. The molecule has 120 valence electrons. The van der Waals surface area contributed by atoms with Crippen LogP contribution in [0.2, 0.25) is 0 Å². The Labute approximate surface area is 129 Å². The smallest absolute Gasteiger partial charge is 0.269 e. The van der Waals surface area contributed by atoms with Crippen molar-refractivity contribution in [3.05, 3.63) is 34.4 Å². The highest BCUT2D eigenvalue weighted by molar-refractivity contribution is 5.95. The van der Waals surface area contributed by atoms with Crippen LogP contribution < -0.4 is 11.1 Å². The molecule has 0 aliphatic rings. The standard InChI is InChI=1S/C15H21N3O4/c1-11(19)10-12(4-2-3-9-16)15(20)17-13-5-7-14(8-6-13)18(21)22/h5-8,12H,2-4,9-10,16H2,1H3,(H,17,20)/t12-/m1/s1. The summed E-state index contributed by atoms with van der Waals surface area (Å²) < 4.78 is 0. The minimum atomic E-state index is -0.503. The second kappa shape index (κ2) is 8.89. The SMILES string of the molecule is CC(=O)C[C@@H](CCCCN)C(=O)Nc1ccc([N+](=O)[O-])cc1. The lowest BCUT2D eigenvalue weighted by atomic mass is 9.95. The molecule has 0 heterocycles. The summed E-state index contributed by atoms with van der Waals surface area (Å²) in [7, 11) is 0. The number of unbranched alkanes of at least 4 members (excludes halogenated alkanes) is 1. The van der Waals surface area contributed by atoms with Gasteiger partial charge in [0, 0.05) is 30.2 Å². The van der Waals surface area contributed by atoms with Crippen molar-refractivity contribution in [3.8, 4) is 0 Å². The number of anilines is 1. The van der Waals surface area contributed by atoms with Crippen LogP contribution in [0.4, 0.5) is 11.4 Å². The highest BCUT2D eigenvalue weighted by Gasteiger charge is 2.20. The summed E-state index contributed by atoms with van der Waals surface area (Å²) in [6.07, 6.45) is 2.36. The van der Waals surface area contributed by atoms with Crippen molar-refractivity contribution < 1.29 is 14.5 Å². The molecule has 7 heteroatoms. The van der Waals surface area contributed by atoms with Crippen LogP contribution in [0.15, 0.2) is 24.3 Å². The molecule has 0 aromatic heterocycles. The lowest BCUT2D eigenvalue weighted by Gasteiger charge is -2.15. The van der Waals surface area contributed by atoms with Crippen LogP contribution >= 0.6 is 0 Å². The molecule has 1 rings (SSSR count). The van der Waals surface area contributed by atoms with E-state index in [9.17, 15) is 19.7 Å². The summed E-state index contributed by atoms with van der Waals surface area (Å²) in [5, 5.41) is 13.3. The monoisotopic (exact) mass is 307 g/mol. The van der Waals surface area contributed by atoms with Crippen molar-refractivity contribution in [3.63, 3.8) is 0 Å². The van der Waals surface area contributed by atoms with Crippen LogP contribution in [-0.4, -0.2) is 23.2 Å². The summed E-state index contributed by atoms with van der Waals surface area (Å²) >= 11 is 0. The van der Waals surface area contributed by atoms with Crippen LogP contribution in [0.5, 0.6) is 0 Å². The zero-order valence-corrected chi connectivity index (χ0v) is 12.6. The van der Waals surface area contributed by atoms with Crippen LogP contribution in [0.3, 0.4) is 0 Å². The minimum absolute atomic E-state index is 0.0405. The van der Waals surface area contributed by atoms with E-state index >= 15 is 0 Å². The number of nitrogens with one attached hydrogen (secondary N) is 1. The first-order valence-electron chi connectivity index (χ1n) is 7.19. The number of carbonyl (C=O) groups excluding carboxylic acids is 2. The van der Waals surface area contributed by atoms with Gasteiger partial charge in [0.05, 0.1) is 4.92 Å². The van der Waals surface area contributed by atoms with Gasteiger partial charge in [0.15, 0.2) is 0 Å². The average Bonchev–Trinajstić information content (AvgIpc) is 2.46. The molecule has 1 aromatic carbocycles. The fourth-order valence-corrected chi connectivity index (χ4v) is 2.12. The molecule has 1 amide bonds. The largest absolute Gasteiger partial charge is 0.330 e. The number of rotatable bonds is 9. The number of hydrogen-bond acceptors (Lipinski definition) is 5. The Morgan fingerprint density at radius 3 is 2.41 bits per heavy atom. The number of carbonyl (C=O) groups is 2. The van der Waals surface area contributed by atoms with Crippen molar-refractivity contribution in [1.29, 1.82) is 0 Å². The van der Waals surface area contributed by atoms with Crippen molar-refractivity contribution >= 4 is 23.1 Å². The Morgan fingerprint density at radius 2 is 1.91 bits per heavy atom. The summed E-state index contributed by atoms with van der Waals surface area (Å²) in [6, 6.07) is 5.59. The van der Waals surface area contributed by atoms with E-state index in [4.69, 9.17) is 5.73 Å². The third-order valence-corrected chi connectivity index (χ3v) is 3.26. The average molecular weight is 307 g/mol. The van der Waals surface area contributed by atoms with E-state index < -0.39 is 10.8 Å². The number of amides is 1. The second-order valence-electron chi connectivity index (χ2n) is 5.18. The Kier molecular flexibility index (Phi) is 7.18. The number of nitrogens with zero attached hydrogens (tertiary/aromatic N) is 1. The molecule has 7 nitrogen and oxygen atoms in total. The van der Waals surface area contributed by atoms with E-state index in [1.807, 2.05) is 0 Å². The summed E-state index contributed by atoms with van der Waals surface area (Å²) in [5.41, 5.74) is 5.87. The van der Waals surface area contributed by atoms with Gasteiger partial charge in [-0.2, -0.15) is 0 Å². The Morgan fingerprint density at radius 1 is 1.27 bits per heavy atom. The van der Waals surface area contributed by atoms with Crippen LogP contribution in [0, 0.1) is 16.0 Å². The summed E-state index contributed by atoms with van der Waals surface area (Å²) in [6.45, 7) is 2.01. The number of Topliss-reactive ketones (excluding diaryl/α,β-unsaturated/α-hetero) is 1. The molecule has 0 bridgehead atoms. The topological polar surface area (TPSA) is 115 Å². The molecule has 0 aliphatic carbocycles. The van der Waals surface area contributed by atoms with Crippen molar-refractivity contribution in [2.75, 3.05) is 11.9 Å². The van der Waals surface area contributed by atoms with E-state index in [2.05, 4.69) is 5.32 Å². The van der Waals surface area contributed by atoms with Gasteiger partial charge in [-0.25, -0.2) is 0 Å². The first-order chi connectivity index (χ1) is 10.4. The Bertz CT molecular complexity index is 528. The Balaban J connectivity index is 2.68. The number of nitro benzene ring substituents is 1. The normalized spacial score (nSPS) is 11.7. The molecule has 0 spiro atoms. The zero-order chi connectivity index (χ0) is 16.5. The molecule has 0 aliphatic heterocycles. The van der Waals surface area contributed by atoms with Gasteiger partial charge in [0.25, 0.3) is 5.69 Å². The summed E-state index contributed by atoms with van der Waals surface area (Å²) in [5.74, 6) is -0.697. The van der Waals surface area contributed by atoms with Gasteiger partial charge in [-0.1, -0.05) is 6.42 Å². The van der Waals surface area contributed by atoms with Gasteiger partial charge >= 0.3 is 0 Å². The highest BCUT2D eigenvalue weighted by Crippen LogP contribution is 2.19. The van der Waals surface area contributed by atoms with E-state index in [1.54, 1.807) is 0 Å². The maximum atomic E-state index is 12.2. The molecule has 0 radical (unpaired) electrons. The molecule has 0 fully saturated rings. The molecule has 0 unspecified atom stereocenters. The maximum absolute atomic E-state index is 12.2. The quantitative estimate of drug-likeness (QED) is 0.412. The summed E-state index contributed by atoms with van der Waals surface area (Å²) in [4.78, 5) is 33.6. The van der Waals surface area contributed by atoms with Crippen LogP contribution in [0.1, 0.15) is 32.6 Å². The maximum Gasteiger partial charge on any atom is 0.269 e. The van der Waals surface area contributed by atoms with Crippen molar-refractivity contribution in [2.45, 2.75) is 32.6 Å². The van der Waals surface area contributed by atoms with Crippen LogP contribution in [-0.2, 0) is 9.59 Å². The number of hydrogen-bond donors (Lipinski definition) is 2. The number of benzene rings is 1. The number of non-ortho nitro benzene ring substituents is 1. The molecular weight excluding hydrogens is 286 g/mol. The van der Waals surface area contributed by atoms with E-state index in [0.717, 1.165) is 12.8 Å². The fraction of sp³-hybridized carbons (Fsp3) is 0.467. The van der Waals surface area contributed by atoms with Gasteiger partial charge in [-0.05, 0) is 38.4 Å². The molecule has 1 atom stereocenters. The van der Waals surface area contributed by atoms with E-state index in [-0.39, 0.29) is 23.8 Å². The Hall–Kier alpha value is -2.28. The minimum Gasteiger partial charge on any atom is -0.330 e. The predicted molar refractivity (Wildman–Crippen MR) is 83.4 cm³/mol. The first kappa shape index (κ1) is 17.8. The molecule has 1 aromatic rings.